The number of rotatable bonds is 0. The van der Waals surface area contributed by atoms with Crippen LogP contribution < -0.4 is 0 Å². The van der Waals surface area contributed by atoms with Gasteiger partial charge in [0.05, 0.1) is 11.2 Å². The molecule has 0 aromatic rings. The number of aliphatic hydroxyl groups is 2. The number of hydrogen-bond acceptors (Lipinski definition) is 2. The fourth-order valence-corrected chi connectivity index (χ4v) is 3.21. The van der Waals surface area contributed by atoms with Gasteiger partial charge in [-0.3, -0.25) is 0 Å². The van der Waals surface area contributed by atoms with Crippen molar-refractivity contribution in [3.05, 3.63) is 0 Å². The quantitative estimate of drug-likeness (QED) is 0.601. The van der Waals surface area contributed by atoms with E-state index in [0.717, 1.165) is 25.7 Å². The van der Waals surface area contributed by atoms with Crippen LogP contribution in [0.25, 0.3) is 0 Å². The minimum atomic E-state index is -0.524. The van der Waals surface area contributed by atoms with Crippen molar-refractivity contribution >= 4 is 0 Å². The first-order valence-corrected chi connectivity index (χ1v) is 5.36. The molecule has 0 aromatic carbocycles. The summed E-state index contributed by atoms with van der Waals surface area (Å²) in [5.41, 5.74) is -1.05. The van der Waals surface area contributed by atoms with Gasteiger partial charge in [0, 0.05) is 0 Å². The molecule has 76 valence electrons. The first-order chi connectivity index (χ1) is 5.92. The Morgan fingerprint density at radius 2 is 1.31 bits per heavy atom. The molecule has 3 fully saturated rings. The van der Waals surface area contributed by atoms with Crippen LogP contribution in [0.4, 0.5) is 0 Å². The third-order valence-corrected chi connectivity index (χ3v) is 4.18. The van der Waals surface area contributed by atoms with Gasteiger partial charge in [0.25, 0.3) is 0 Å². The van der Waals surface area contributed by atoms with E-state index in [2.05, 4.69) is 0 Å². The molecule has 3 rings (SSSR count). The maximum Gasteiger partial charge on any atom is 0.0652 e. The summed E-state index contributed by atoms with van der Waals surface area (Å²) in [5.74, 6) is 0.613. The summed E-state index contributed by atoms with van der Waals surface area (Å²) in [6.45, 7) is 3.87. The molecule has 2 bridgehead atoms. The van der Waals surface area contributed by atoms with Gasteiger partial charge < -0.3 is 10.2 Å². The van der Waals surface area contributed by atoms with Crippen LogP contribution in [-0.2, 0) is 0 Å². The van der Waals surface area contributed by atoms with Gasteiger partial charge in [0.2, 0.25) is 0 Å². The van der Waals surface area contributed by atoms with Gasteiger partial charge >= 0.3 is 0 Å². The van der Waals surface area contributed by atoms with E-state index in [1.165, 1.54) is 6.42 Å². The molecule has 3 saturated carbocycles. The van der Waals surface area contributed by atoms with Crippen molar-refractivity contribution in [1.29, 1.82) is 0 Å². The molecular weight excluding hydrogens is 164 g/mol. The molecule has 0 aromatic heterocycles. The molecule has 13 heavy (non-hydrogen) atoms. The number of fused-ring (bicyclic) bond motifs is 4. The van der Waals surface area contributed by atoms with E-state index >= 15 is 0 Å². The second kappa shape index (κ2) is 2.71. The summed E-state index contributed by atoms with van der Waals surface area (Å²) in [6, 6.07) is 0. The summed E-state index contributed by atoms with van der Waals surface area (Å²) < 4.78 is 0. The molecule has 4 atom stereocenters. The average molecular weight is 184 g/mol. The Morgan fingerprint density at radius 3 is 1.69 bits per heavy atom. The van der Waals surface area contributed by atoms with Crippen molar-refractivity contribution in [3.63, 3.8) is 0 Å². The zero-order valence-electron chi connectivity index (χ0n) is 8.58. The van der Waals surface area contributed by atoms with Crippen molar-refractivity contribution in [3.8, 4) is 0 Å². The summed E-state index contributed by atoms with van der Waals surface area (Å²) >= 11 is 0. The maximum absolute atomic E-state index is 10.2. The highest BCUT2D eigenvalue weighted by Gasteiger charge is 2.50. The lowest BCUT2D eigenvalue weighted by molar-refractivity contribution is -0.130. The van der Waals surface area contributed by atoms with E-state index < -0.39 is 11.2 Å². The first-order valence-electron chi connectivity index (χ1n) is 5.36. The summed E-state index contributed by atoms with van der Waals surface area (Å²) in [6.07, 6.45) is 4.90. The van der Waals surface area contributed by atoms with Crippen molar-refractivity contribution < 1.29 is 10.2 Å². The largest absolute Gasteiger partial charge is 0.390 e. The molecule has 0 amide bonds. The minimum absolute atomic E-state index is 0.307. The standard InChI is InChI=1S/C11H20O2/c1-10(12)6-9-5-3-4-8(10)7-11(9,2)13/h8-9,12-13H,3-7H2,1-2H3/t8-,9-,10-,11+/m0/s1. The predicted molar refractivity (Wildman–Crippen MR) is 51.3 cm³/mol. The lowest BCUT2D eigenvalue weighted by Gasteiger charge is -2.46. The van der Waals surface area contributed by atoms with Crippen molar-refractivity contribution in [1.82, 2.24) is 0 Å². The smallest absolute Gasteiger partial charge is 0.0652 e. The molecule has 0 spiro atoms. The van der Waals surface area contributed by atoms with Crippen LogP contribution in [0.1, 0.15) is 46.0 Å². The Kier molecular flexibility index (Phi) is 1.97. The lowest BCUT2D eigenvalue weighted by atomic mass is 9.66. The highest BCUT2D eigenvalue weighted by molar-refractivity contribution is 5.01. The molecule has 2 N–H and O–H groups in total. The Balaban J connectivity index is 2.27. The summed E-state index contributed by atoms with van der Waals surface area (Å²) in [5, 5.41) is 20.3. The van der Waals surface area contributed by atoms with Crippen LogP contribution in [0, 0.1) is 11.8 Å². The van der Waals surface area contributed by atoms with E-state index in [1.54, 1.807) is 0 Å². The lowest BCUT2D eigenvalue weighted by Crippen LogP contribution is -2.50. The van der Waals surface area contributed by atoms with Crippen LogP contribution in [0.2, 0.25) is 0 Å². The third kappa shape index (κ3) is 1.50. The van der Waals surface area contributed by atoms with Crippen molar-refractivity contribution in [2.45, 2.75) is 57.2 Å². The minimum Gasteiger partial charge on any atom is -0.390 e. The molecule has 0 aliphatic heterocycles. The predicted octanol–water partition coefficient (Wildman–Crippen LogP) is 1.70. The fourth-order valence-electron chi connectivity index (χ4n) is 3.21. The van der Waals surface area contributed by atoms with Crippen LogP contribution in [-0.4, -0.2) is 21.4 Å². The second-order valence-electron chi connectivity index (χ2n) is 5.45. The normalized spacial score (nSPS) is 56.3. The molecule has 3 aliphatic rings. The zero-order chi connectivity index (χ0) is 9.69. The van der Waals surface area contributed by atoms with Crippen LogP contribution in [0.5, 0.6) is 0 Å². The van der Waals surface area contributed by atoms with Gasteiger partial charge in [-0.1, -0.05) is 6.42 Å². The van der Waals surface area contributed by atoms with E-state index in [4.69, 9.17) is 0 Å². The Hall–Kier alpha value is -0.0800. The summed E-state index contributed by atoms with van der Waals surface area (Å²) in [4.78, 5) is 0. The van der Waals surface area contributed by atoms with Crippen molar-refractivity contribution in [2.75, 3.05) is 0 Å². The first kappa shape index (κ1) is 9.47. The average Bonchev–Trinajstić information content (AvgIpc) is 2.17. The molecule has 3 aliphatic carbocycles. The molecule has 2 nitrogen and oxygen atoms in total. The fraction of sp³-hybridized carbons (Fsp3) is 1.00. The highest BCUT2D eigenvalue weighted by atomic mass is 16.3. The monoisotopic (exact) mass is 184 g/mol. The highest BCUT2D eigenvalue weighted by Crippen LogP contribution is 2.49. The third-order valence-electron chi connectivity index (χ3n) is 4.18. The Morgan fingerprint density at radius 1 is 0.923 bits per heavy atom. The topological polar surface area (TPSA) is 40.5 Å². The van der Waals surface area contributed by atoms with E-state index in [-0.39, 0.29) is 0 Å². The Bertz CT molecular complexity index is 186. The van der Waals surface area contributed by atoms with Gasteiger partial charge in [0.1, 0.15) is 0 Å². The van der Waals surface area contributed by atoms with Crippen LogP contribution >= 0.6 is 0 Å². The maximum atomic E-state index is 10.2. The van der Waals surface area contributed by atoms with Gasteiger partial charge in [-0.25, -0.2) is 0 Å². The molecular formula is C11H20O2. The van der Waals surface area contributed by atoms with E-state index in [0.29, 0.717) is 11.8 Å². The molecule has 0 unspecified atom stereocenters. The van der Waals surface area contributed by atoms with E-state index in [1.807, 2.05) is 13.8 Å². The summed E-state index contributed by atoms with van der Waals surface area (Å²) in [7, 11) is 0. The molecule has 2 heteroatoms. The number of hydrogen-bond donors (Lipinski definition) is 2. The van der Waals surface area contributed by atoms with E-state index in [9.17, 15) is 10.2 Å². The zero-order valence-corrected chi connectivity index (χ0v) is 8.58. The van der Waals surface area contributed by atoms with Gasteiger partial charge in [-0.2, -0.15) is 0 Å². The molecule has 0 saturated heterocycles. The SMILES string of the molecule is C[C@]1(O)C[C@@H]2CCC[C@H]1C[C@@]2(C)O. The van der Waals surface area contributed by atoms with Gasteiger partial charge in [-0.15, -0.1) is 0 Å². The molecule has 0 heterocycles. The van der Waals surface area contributed by atoms with Crippen LogP contribution in [0.15, 0.2) is 0 Å². The van der Waals surface area contributed by atoms with Gasteiger partial charge in [-0.05, 0) is 51.4 Å². The van der Waals surface area contributed by atoms with Crippen molar-refractivity contribution in [2.24, 2.45) is 11.8 Å². The Labute approximate surface area is 80.0 Å². The molecule has 0 radical (unpaired) electrons. The van der Waals surface area contributed by atoms with Crippen LogP contribution in [0.3, 0.4) is 0 Å². The van der Waals surface area contributed by atoms with Gasteiger partial charge in [0.15, 0.2) is 0 Å². The second-order valence-corrected chi connectivity index (χ2v) is 5.45.